The van der Waals surface area contributed by atoms with E-state index in [9.17, 15) is 8.42 Å². The summed E-state index contributed by atoms with van der Waals surface area (Å²) in [6.45, 7) is 0. The van der Waals surface area contributed by atoms with E-state index in [1.54, 1.807) is 29.4 Å². The number of thiophene rings is 1. The van der Waals surface area contributed by atoms with Crippen LogP contribution in [0.3, 0.4) is 0 Å². The second kappa shape index (κ2) is 5.61. The average molecular weight is 328 g/mol. The van der Waals surface area contributed by atoms with E-state index in [2.05, 4.69) is 9.97 Å². The zero-order chi connectivity index (χ0) is 14.2. The maximum Gasteiger partial charge on any atom is 0.150 e. The fraction of sp³-hybridized carbons (Fsp3) is 0.538. The molecule has 0 aliphatic heterocycles. The van der Waals surface area contributed by atoms with E-state index in [0.717, 1.165) is 40.9 Å². The minimum Gasteiger partial charge on any atom is -0.235 e. The molecule has 7 heteroatoms. The van der Waals surface area contributed by atoms with Crippen LogP contribution in [0.5, 0.6) is 0 Å². The van der Waals surface area contributed by atoms with Gasteiger partial charge in [-0.3, -0.25) is 0 Å². The summed E-state index contributed by atoms with van der Waals surface area (Å²) in [5.41, 5.74) is 0.975. The van der Waals surface area contributed by atoms with E-state index in [0.29, 0.717) is 5.25 Å². The summed E-state index contributed by atoms with van der Waals surface area (Å²) >= 11 is 3.36. The molecule has 2 aromatic rings. The van der Waals surface area contributed by atoms with E-state index in [-0.39, 0.29) is 5.25 Å². The second-order valence-corrected chi connectivity index (χ2v) is 9.70. The molecule has 1 saturated carbocycles. The van der Waals surface area contributed by atoms with Crippen molar-refractivity contribution in [3.8, 4) is 0 Å². The van der Waals surface area contributed by atoms with Crippen molar-refractivity contribution < 1.29 is 8.42 Å². The molecule has 2 atom stereocenters. The van der Waals surface area contributed by atoms with Gasteiger partial charge in [-0.2, -0.15) is 0 Å². The molecule has 3 rings (SSSR count). The predicted octanol–water partition coefficient (Wildman–Crippen LogP) is 3.14. The molecule has 20 heavy (non-hydrogen) atoms. The number of sulfone groups is 1. The lowest BCUT2D eigenvalue weighted by Crippen LogP contribution is -2.28. The largest absolute Gasteiger partial charge is 0.235 e. The number of hydrogen-bond acceptors (Lipinski definition) is 6. The van der Waals surface area contributed by atoms with Crippen LogP contribution in [0.4, 0.5) is 0 Å². The van der Waals surface area contributed by atoms with Crippen molar-refractivity contribution in [3.05, 3.63) is 17.8 Å². The average Bonchev–Trinajstić information content (AvgIpc) is 2.87. The Labute approximate surface area is 126 Å². The Morgan fingerprint density at radius 2 is 2.20 bits per heavy atom. The minimum atomic E-state index is -2.93. The lowest BCUT2D eigenvalue weighted by Gasteiger charge is -2.27. The highest BCUT2D eigenvalue weighted by Crippen LogP contribution is 2.38. The van der Waals surface area contributed by atoms with Crippen molar-refractivity contribution in [2.45, 2.75) is 41.2 Å². The number of nitrogens with zero attached hydrogens (tertiary/aromatic N) is 2. The molecular formula is C13H16N2O2S3. The van der Waals surface area contributed by atoms with Crippen molar-refractivity contribution in [2.75, 3.05) is 6.26 Å². The molecule has 0 amide bonds. The quantitative estimate of drug-likeness (QED) is 0.810. The third-order valence-electron chi connectivity index (χ3n) is 3.67. The van der Waals surface area contributed by atoms with Crippen LogP contribution in [0, 0.1) is 0 Å². The van der Waals surface area contributed by atoms with Crippen LogP contribution in [-0.4, -0.2) is 35.1 Å². The molecule has 0 spiro atoms. The van der Waals surface area contributed by atoms with Gasteiger partial charge in [0.05, 0.1) is 15.5 Å². The van der Waals surface area contributed by atoms with Gasteiger partial charge >= 0.3 is 0 Å². The van der Waals surface area contributed by atoms with E-state index >= 15 is 0 Å². The molecule has 0 aromatic carbocycles. The Hall–Kier alpha value is -0.660. The smallest absolute Gasteiger partial charge is 0.150 e. The topological polar surface area (TPSA) is 59.9 Å². The van der Waals surface area contributed by atoms with Gasteiger partial charge in [0.1, 0.15) is 21.2 Å². The summed E-state index contributed by atoms with van der Waals surface area (Å²) in [6, 6.07) is 1.99. The number of rotatable bonds is 3. The van der Waals surface area contributed by atoms with Gasteiger partial charge in [-0.25, -0.2) is 18.4 Å². The van der Waals surface area contributed by atoms with Crippen molar-refractivity contribution in [3.63, 3.8) is 0 Å². The Morgan fingerprint density at radius 1 is 1.35 bits per heavy atom. The molecule has 0 unspecified atom stereocenters. The molecule has 1 fully saturated rings. The first kappa shape index (κ1) is 14.3. The number of hydrogen-bond donors (Lipinski definition) is 0. The molecule has 0 radical (unpaired) electrons. The van der Waals surface area contributed by atoms with Gasteiger partial charge in [-0.05, 0) is 30.7 Å². The van der Waals surface area contributed by atoms with Crippen LogP contribution in [0.15, 0.2) is 22.8 Å². The third-order valence-corrected chi connectivity index (χ3v) is 7.65. The fourth-order valence-electron chi connectivity index (χ4n) is 2.61. The Kier molecular flexibility index (Phi) is 4.01. The van der Waals surface area contributed by atoms with E-state index in [1.165, 1.54) is 6.26 Å². The first-order chi connectivity index (χ1) is 9.54. The fourth-order valence-corrected chi connectivity index (χ4v) is 6.17. The first-order valence-corrected chi connectivity index (χ1v) is 10.3. The van der Waals surface area contributed by atoms with Crippen LogP contribution < -0.4 is 0 Å². The number of fused-ring (bicyclic) bond motifs is 1. The normalized spacial score (nSPS) is 24.1. The van der Waals surface area contributed by atoms with Gasteiger partial charge in [0, 0.05) is 11.5 Å². The maximum absolute atomic E-state index is 11.7. The maximum atomic E-state index is 11.7. The SMILES string of the molecule is CS(=O)(=O)[C@H]1CCC[C@H](Sc2ncnc3ccsc23)C1. The highest BCUT2D eigenvalue weighted by molar-refractivity contribution is 8.00. The summed E-state index contributed by atoms with van der Waals surface area (Å²) in [4.78, 5) is 8.61. The first-order valence-electron chi connectivity index (χ1n) is 6.58. The summed E-state index contributed by atoms with van der Waals surface area (Å²) in [5, 5.41) is 3.16. The zero-order valence-electron chi connectivity index (χ0n) is 11.2. The van der Waals surface area contributed by atoms with Crippen molar-refractivity contribution in [1.29, 1.82) is 0 Å². The molecule has 0 saturated heterocycles. The highest BCUT2D eigenvalue weighted by atomic mass is 32.2. The summed E-state index contributed by atoms with van der Waals surface area (Å²) < 4.78 is 24.6. The summed E-state index contributed by atoms with van der Waals surface area (Å²) in [7, 11) is -2.93. The third kappa shape index (κ3) is 2.99. The van der Waals surface area contributed by atoms with Gasteiger partial charge in [0.2, 0.25) is 0 Å². The molecule has 1 aliphatic rings. The Bertz CT molecular complexity index is 711. The van der Waals surface area contributed by atoms with Crippen LogP contribution in [-0.2, 0) is 9.84 Å². The van der Waals surface area contributed by atoms with Crippen LogP contribution in [0.2, 0.25) is 0 Å². The second-order valence-electron chi connectivity index (χ2n) is 5.17. The summed E-state index contributed by atoms with van der Waals surface area (Å²) in [5.74, 6) is 0. The highest BCUT2D eigenvalue weighted by Gasteiger charge is 2.29. The lowest BCUT2D eigenvalue weighted by molar-refractivity contribution is 0.495. The number of aromatic nitrogens is 2. The Morgan fingerprint density at radius 3 is 3.00 bits per heavy atom. The number of thioether (sulfide) groups is 1. The van der Waals surface area contributed by atoms with E-state index in [1.807, 2.05) is 11.4 Å². The van der Waals surface area contributed by atoms with Crippen LogP contribution in [0.25, 0.3) is 10.2 Å². The van der Waals surface area contributed by atoms with E-state index < -0.39 is 9.84 Å². The zero-order valence-corrected chi connectivity index (χ0v) is 13.6. The van der Waals surface area contributed by atoms with Crippen molar-refractivity contribution >= 4 is 43.2 Å². The molecular weight excluding hydrogens is 312 g/mol. The van der Waals surface area contributed by atoms with Crippen LogP contribution in [0.1, 0.15) is 25.7 Å². The monoisotopic (exact) mass is 328 g/mol. The van der Waals surface area contributed by atoms with E-state index in [4.69, 9.17) is 0 Å². The minimum absolute atomic E-state index is 0.186. The van der Waals surface area contributed by atoms with Crippen LogP contribution >= 0.6 is 23.1 Å². The van der Waals surface area contributed by atoms with Gasteiger partial charge in [0.25, 0.3) is 0 Å². The van der Waals surface area contributed by atoms with Crippen molar-refractivity contribution in [2.24, 2.45) is 0 Å². The van der Waals surface area contributed by atoms with Gasteiger partial charge < -0.3 is 0 Å². The predicted molar refractivity (Wildman–Crippen MR) is 84.2 cm³/mol. The molecule has 1 aliphatic carbocycles. The molecule has 108 valence electrons. The van der Waals surface area contributed by atoms with Crippen molar-refractivity contribution in [1.82, 2.24) is 9.97 Å². The summed E-state index contributed by atoms with van der Waals surface area (Å²) in [6.07, 6.45) is 6.53. The van der Waals surface area contributed by atoms with Gasteiger partial charge in [-0.1, -0.05) is 6.42 Å². The lowest BCUT2D eigenvalue weighted by atomic mass is 10.00. The Balaban J connectivity index is 1.79. The molecule has 2 aromatic heterocycles. The molecule has 0 N–H and O–H groups in total. The molecule has 2 heterocycles. The standard InChI is InChI=1S/C13H16N2O2S3/c1-20(16,17)10-4-2-3-9(7-10)19-13-12-11(5-6-18-12)14-8-15-13/h5-6,8-10H,2-4,7H2,1H3/t9-,10-/m0/s1. The van der Waals surface area contributed by atoms with Gasteiger partial charge in [0.15, 0.2) is 0 Å². The van der Waals surface area contributed by atoms with Gasteiger partial charge in [-0.15, -0.1) is 23.1 Å². The molecule has 4 nitrogen and oxygen atoms in total. The molecule has 0 bridgehead atoms.